The van der Waals surface area contributed by atoms with Crippen LogP contribution in [0.25, 0.3) is 0 Å². The monoisotopic (exact) mass is 318 g/mol. The molecule has 0 spiro atoms. The molecule has 0 aromatic heterocycles. The van der Waals surface area contributed by atoms with Gasteiger partial charge in [-0.1, -0.05) is 58.4 Å². The van der Waals surface area contributed by atoms with Gasteiger partial charge >= 0.3 is 0 Å². The molecule has 1 N–H and O–H groups in total. The summed E-state index contributed by atoms with van der Waals surface area (Å²) in [5, 5.41) is 10.6. The summed E-state index contributed by atoms with van der Waals surface area (Å²) >= 11 is 3.45. The molecule has 0 radical (unpaired) electrons. The van der Waals surface area contributed by atoms with E-state index >= 15 is 0 Å². The van der Waals surface area contributed by atoms with E-state index in [1.165, 1.54) is 5.56 Å². The number of hydrogen-bond acceptors (Lipinski definition) is 1. The normalized spacial score (nSPS) is 14.1. The van der Waals surface area contributed by atoms with Crippen molar-refractivity contribution in [1.82, 2.24) is 0 Å². The second kappa shape index (κ2) is 6.36. The maximum absolute atomic E-state index is 10.6. The van der Waals surface area contributed by atoms with Gasteiger partial charge in [0.25, 0.3) is 0 Å². The number of aryl methyl sites for hydroxylation is 1. The third kappa shape index (κ3) is 4.19. The number of benzene rings is 2. The third-order valence-electron chi connectivity index (χ3n) is 3.42. The molecule has 100 valence electrons. The van der Waals surface area contributed by atoms with Gasteiger partial charge in [0.1, 0.15) is 0 Å². The smallest absolute Gasteiger partial charge is 0.0869 e. The van der Waals surface area contributed by atoms with Crippen LogP contribution in [-0.4, -0.2) is 5.11 Å². The zero-order valence-corrected chi connectivity index (χ0v) is 12.7. The van der Waals surface area contributed by atoms with E-state index < -0.39 is 5.60 Å². The first-order valence-electron chi connectivity index (χ1n) is 6.60. The Morgan fingerprint density at radius 3 is 2.47 bits per heavy atom. The minimum atomic E-state index is -0.765. The molecule has 2 aromatic carbocycles. The molecule has 0 saturated heterocycles. The first-order chi connectivity index (χ1) is 9.08. The summed E-state index contributed by atoms with van der Waals surface area (Å²) in [5.74, 6) is 0. The lowest BCUT2D eigenvalue weighted by Gasteiger charge is -2.24. The lowest BCUT2D eigenvalue weighted by Crippen LogP contribution is -2.21. The minimum absolute atomic E-state index is 0.762. The van der Waals surface area contributed by atoms with Crippen molar-refractivity contribution in [3.8, 4) is 0 Å². The fourth-order valence-corrected chi connectivity index (χ4v) is 2.65. The predicted octanol–water partition coefficient (Wildman–Crippen LogP) is 4.68. The van der Waals surface area contributed by atoms with E-state index in [1.54, 1.807) is 0 Å². The third-order valence-corrected chi connectivity index (χ3v) is 3.91. The summed E-state index contributed by atoms with van der Waals surface area (Å²) in [5.41, 5.74) is 1.53. The quantitative estimate of drug-likeness (QED) is 0.848. The summed E-state index contributed by atoms with van der Waals surface area (Å²) < 4.78 is 1.01. The molecule has 1 atom stereocenters. The average Bonchev–Trinajstić information content (AvgIpc) is 2.40. The molecule has 0 bridgehead atoms. The first-order valence-corrected chi connectivity index (χ1v) is 7.39. The van der Waals surface area contributed by atoms with Crippen LogP contribution in [0.3, 0.4) is 0 Å². The molecule has 0 saturated carbocycles. The van der Waals surface area contributed by atoms with Crippen molar-refractivity contribution in [3.05, 3.63) is 70.2 Å². The van der Waals surface area contributed by atoms with Crippen molar-refractivity contribution < 1.29 is 5.11 Å². The Morgan fingerprint density at radius 1 is 1.05 bits per heavy atom. The van der Waals surface area contributed by atoms with Gasteiger partial charge in [-0.15, -0.1) is 0 Å². The van der Waals surface area contributed by atoms with Gasteiger partial charge in [0.05, 0.1) is 5.60 Å². The van der Waals surface area contributed by atoms with Gasteiger partial charge in [0, 0.05) is 4.47 Å². The van der Waals surface area contributed by atoms with Crippen molar-refractivity contribution >= 4 is 15.9 Å². The summed E-state index contributed by atoms with van der Waals surface area (Å²) in [7, 11) is 0. The van der Waals surface area contributed by atoms with Crippen molar-refractivity contribution in [2.45, 2.75) is 31.8 Å². The second-order valence-electron chi connectivity index (χ2n) is 5.12. The van der Waals surface area contributed by atoms with Crippen LogP contribution in [0.15, 0.2) is 59.1 Å². The van der Waals surface area contributed by atoms with E-state index in [4.69, 9.17) is 0 Å². The van der Waals surface area contributed by atoms with Crippen LogP contribution >= 0.6 is 15.9 Å². The minimum Gasteiger partial charge on any atom is -0.385 e. The summed E-state index contributed by atoms with van der Waals surface area (Å²) in [6.45, 7) is 1.89. The summed E-state index contributed by atoms with van der Waals surface area (Å²) in [6, 6.07) is 18.3. The number of aliphatic hydroxyl groups is 1. The molecule has 2 rings (SSSR count). The molecule has 2 heteroatoms. The SMILES string of the molecule is CC(O)(CCCc1ccccc1)c1cccc(Br)c1. The maximum atomic E-state index is 10.6. The molecule has 2 aromatic rings. The number of hydrogen-bond donors (Lipinski definition) is 1. The highest BCUT2D eigenvalue weighted by atomic mass is 79.9. The van der Waals surface area contributed by atoms with E-state index in [0.29, 0.717) is 0 Å². The average molecular weight is 319 g/mol. The van der Waals surface area contributed by atoms with Gasteiger partial charge in [-0.25, -0.2) is 0 Å². The lowest BCUT2D eigenvalue weighted by molar-refractivity contribution is 0.0456. The van der Waals surface area contributed by atoms with Crippen LogP contribution in [0.2, 0.25) is 0 Å². The Morgan fingerprint density at radius 2 is 1.79 bits per heavy atom. The molecule has 0 aliphatic heterocycles. The van der Waals surface area contributed by atoms with Gasteiger partial charge in [-0.2, -0.15) is 0 Å². The van der Waals surface area contributed by atoms with Gasteiger partial charge in [-0.05, 0) is 49.4 Å². The van der Waals surface area contributed by atoms with E-state index in [1.807, 2.05) is 37.3 Å². The molecule has 0 aliphatic carbocycles. The lowest BCUT2D eigenvalue weighted by atomic mass is 9.90. The van der Waals surface area contributed by atoms with Crippen LogP contribution in [-0.2, 0) is 12.0 Å². The number of rotatable bonds is 5. The largest absolute Gasteiger partial charge is 0.385 e. The maximum Gasteiger partial charge on any atom is 0.0869 e. The van der Waals surface area contributed by atoms with Crippen molar-refractivity contribution in [2.24, 2.45) is 0 Å². The highest BCUT2D eigenvalue weighted by molar-refractivity contribution is 9.10. The zero-order valence-electron chi connectivity index (χ0n) is 11.1. The van der Waals surface area contributed by atoms with Crippen molar-refractivity contribution in [1.29, 1.82) is 0 Å². The highest BCUT2D eigenvalue weighted by Gasteiger charge is 2.22. The Kier molecular flexibility index (Phi) is 4.78. The standard InChI is InChI=1S/C17H19BrO/c1-17(19,15-10-5-11-16(18)13-15)12-6-9-14-7-3-2-4-8-14/h2-5,7-8,10-11,13,19H,6,9,12H2,1H3. The fraction of sp³-hybridized carbons (Fsp3) is 0.294. The Balaban J connectivity index is 1.94. The van der Waals surface area contributed by atoms with E-state index in [2.05, 4.69) is 40.2 Å². The molecule has 1 unspecified atom stereocenters. The van der Waals surface area contributed by atoms with Gasteiger partial charge < -0.3 is 5.11 Å². The fourth-order valence-electron chi connectivity index (χ4n) is 2.25. The van der Waals surface area contributed by atoms with E-state index in [0.717, 1.165) is 29.3 Å². The van der Waals surface area contributed by atoms with Gasteiger partial charge in [0.15, 0.2) is 0 Å². The Bertz CT molecular complexity index is 520. The van der Waals surface area contributed by atoms with Crippen LogP contribution < -0.4 is 0 Å². The first kappa shape index (κ1) is 14.3. The molecule has 0 fully saturated rings. The Hall–Kier alpha value is -1.12. The second-order valence-corrected chi connectivity index (χ2v) is 6.04. The van der Waals surface area contributed by atoms with E-state index in [-0.39, 0.29) is 0 Å². The topological polar surface area (TPSA) is 20.2 Å². The van der Waals surface area contributed by atoms with E-state index in [9.17, 15) is 5.11 Å². The van der Waals surface area contributed by atoms with Crippen molar-refractivity contribution in [2.75, 3.05) is 0 Å². The van der Waals surface area contributed by atoms with Gasteiger partial charge in [-0.3, -0.25) is 0 Å². The molecule has 0 aliphatic rings. The van der Waals surface area contributed by atoms with Crippen LogP contribution in [0.1, 0.15) is 30.9 Å². The Labute approximate surface area is 123 Å². The number of halogens is 1. The molecule has 0 amide bonds. The van der Waals surface area contributed by atoms with Gasteiger partial charge in [0.2, 0.25) is 0 Å². The van der Waals surface area contributed by atoms with Crippen LogP contribution in [0.5, 0.6) is 0 Å². The molecule has 19 heavy (non-hydrogen) atoms. The van der Waals surface area contributed by atoms with Crippen LogP contribution in [0.4, 0.5) is 0 Å². The summed E-state index contributed by atoms with van der Waals surface area (Å²) in [6.07, 6.45) is 2.74. The van der Waals surface area contributed by atoms with Crippen LogP contribution in [0, 0.1) is 0 Å². The molecule has 1 nitrogen and oxygen atoms in total. The molecular formula is C17H19BrO. The molecule has 0 heterocycles. The summed E-state index contributed by atoms with van der Waals surface area (Å²) in [4.78, 5) is 0. The zero-order chi connectivity index (χ0) is 13.7. The molecular weight excluding hydrogens is 300 g/mol. The highest BCUT2D eigenvalue weighted by Crippen LogP contribution is 2.28. The predicted molar refractivity (Wildman–Crippen MR) is 83.1 cm³/mol. The van der Waals surface area contributed by atoms with Crippen molar-refractivity contribution in [3.63, 3.8) is 0 Å².